The molecule has 0 atom stereocenters. The van der Waals surface area contributed by atoms with Crippen molar-refractivity contribution in [2.75, 3.05) is 5.32 Å². The number of benzene rings is 1. The number of rotatable bonds is 4. The number of anilines is 1. The molecule has 0 spiro atoms. The van der Waals surface area contributed by atoms with Gasteiger partial charge in [-0.25, -0.2) is 0 Å². The molecule has 0 aliphatic heterocycles. The number of aliphatic carboxylic acids is 1. The van der Waals surface area contributed by atoms with Gasteiger partial charge in [0.25, 0.3) is 0 Å². The molecule has 1 amide bonds. The number of carbonyl (C=O) groups is 2. The molecule has 6 nitrogen and oxygen atoms in total. The minimum atomic E-state index is -0.970. The zero-order valence-corrected chi connectivity index (χ0v) is 11.3. The predicted octanol–water partition coefficient (Wildman–Crippen LogP) is 1.32. The van der Waals surface area contributed by atoms with Crippen LogP contribution < -0.4 is 5.32 Å². The summed E-state index contributed by atoms with van der Waals surface area (Å²) in [5.74, 6) is -1.10. The van der Waals surface area contributed by atoms with Gasteiger partial charge in [-0.2, -0.15) is 5.10 Å². The highest BCUT2D eigenvalue weighted by Gasteiger charge is 2.27. The summed E-state index contributed by atoms with van der Waals surface area (Å²) in [6.45, 7) is -0.218. The molecular formula is C15H15N3O3. The average molecular weight is 285 g/mol. The van der Waals surface area contributed by atoms with Crippen molar-refractivity contribution >= 4 is 17.6 Å². The number of aromatic nitrogens is 2. The highest BCUT2D eigenvalue weighted by molar-refractivity contribution is 5.93. The average Bonchev–Trinajstić information content (AvgIpc) is 3.04. The summed E-state index contributed by atoms with van der Waals surface area (Å²) in [6.07, 6.45) is 4.47. The number of carboxylic acid groups (broad SMARTS) is 1. The van der Waals surface area contributed by atoms with Crippen LogP contribution in [0.3, 0.4) is 0 Å². The Labute approximate surface area is 121 Å². The number of fused-ring (bicyclic) bond motifs is 1. The highest BCUT2D eigenvalue weighted by Crippen LogP contribution is 2.27. The highest BCUT2D eigenvalue weighted by atomic mass is 16.4. The fraction of sp³-hybridized carbons (Fsp3) is 0.267. The molecule has 0 fully saturated rings. The lowest BCUT2D eigenvalue weighted by molar-refractivity contribution is -0.137. The van der Waals surface area contributed by atoms with E-state index in [1.165, 1.54) is 28.2 Å². The molecule has 21 heavy (non-hydrogen) atoms. The van der Waals surface area contributed by atoms with Crippen LogP contribution in [0.4, 0.5) is 5.69 Å². The van der Waals surface area contributed by atoms with Crippen LogP contribution in [-0.2, 0) is 29.0 Å². The number of hydrogen-bond acceptors (Lipinski definition) is 3. The first-order valence-corrected chi connectivity index (χ1v) is 6.74. The summed E-state index contributed by atoms with van der Waals surface area (Å²) in [5, 5.41) is 15.4. The molecule has 1 aliphatic carbocycles. The SMILES string of the molecule is O=C(O)Cn1cc(NC(=O)C2Cc3ccccc3C2)cn1. The zero-order valence-electron chi connectivity index (χ0n) is 11.3. The predicted molar refractivity (Wildman–Crippen MR) is 75.8 cm³/mol. The Hall–Kier alpha value is -2.63. The lowest BCUT2D eigenvalue weighted by Crippen LogP contribution is -2.22. The second kappa shape index (κ2) is 5.40. The molecule has 0 saturated carbocycles. The number of carboxylic acids is 1. The fourth-order valence-electron chi connectivity index (χ4n) is 2.64. The Morgan fingerprint density at radius 2 is 1.95 bits per heavy atom. The minimum Gasteiger partial charge on any atom is -0.480 e. The number of nitrogens with one attached hydrogen (secondary N) is 1. The third kappa shape index (κ3) is 2.94. The molecule has 1 heterocycles. The van der Waals surface area contributed by atoms with E-state index in [0.29, 0.717) is 5.69 Å². The molecule has 1 aliphatic rings. The first-order valence-electron chi connectivity index (χ1n) is 6.74. The summed E-state index contributed by atoms with van der Waals surface area (Å²) in [4.78, 5) is 22.8. The zero-order chi connectivity index (χ0) is 14.8. The molecular weight excluding hydrogens is 270 g/mol. The van der Waals surface area contributed by atoms with Gasteiger partial charge in [0.1, 0.15) is 6.54 Å². The molecule has 6 heteroatoms. The van der Waals surface area contributed by atoms with Crippen LogP contribution in [0, 0.1) is 5.92 Å². The molecule has 3 rings (SSSR count). The quantitative estimate of drug-likeness (QED) is 0.887. The first-order chi connectivity index (χ1) is 10.1. The topological polar surface area (TPSA) is 84.2 Å². The van der Waals surface area contributed by atoms with Crippen molar-refractivity contribution in [1.82, 2.24) is 9.78 Å². The van der Waals surface area contributed by atoms with E-state index in [1.807, 2.05) is 24.3 Å². The van der Waals surface area contributed by atoms with Crippen LogP contribution >= 0.6 is 0 Å². The van der Waals surface area contributed by atoms with E-state index in [-0.39, 0.29) is 18.4 Å². The van der Waals surface area contributed by atoms with E-state index in [0.717, 1.165) is 12.8 Å². The van der Waals surface area contributed by atoms with Crippen LogP contribution in [-0.4, -0.2) is 26.8 Å². The minimum absolute atomic E-state index is 0.0546. The first kappa shape index (κ1) is 13.4. The lowest BCUT2D eigenvalue weighted by atomic mass is 10.1. The maximum atomic E-state index is 12.3. The Bertz CT molecular complexity index is 668. The Balaban J connectivity index is 1.63. The smallest absolute Gasteiger partial charge is 0.325 e. The van der Waals surface area contributed by atoms with Crippen molar-refractivity contribution in [3.8, 4) is 0 Å². The van der Waals surface area contributed by atoms with Gasteiger partial charge < -0.3 is 10.4 Å². The molecule has 2 aromatic rings. The summed E-state index contributed by atoms with van der Waals surface area (Å²) >= 11 is 0. The van der Waals surface area contributed by atoms with E-state index in [9.17, 15) is 9.59 Å². The number of carbonyl (C=O) groups excluding carboxylic acids is 1. The summed E-state index contributed by atoms with van der Waals surface area (Å²) < 4.78 is 1.28. The van der Waals surface area contributed by atoms with Crippen molar-refractivity contribution in [1.29, 1.82) is 0 Å². The third-order valence-corrected chi connectivity index (χ3v) is 3.62. The van der Waals surface area contributed by atoms with Gasteiger partial charge in [0.15, 0.2) is 0 Å². The van der Waals surface area contributed by atoms with Crippen LogP contribution in [0.25, 0.3) is 0 Å². The molecule has 1 aromatic carbocycles. The van der Waals surface area contributed by atoms with Gasteiger partial charge in [0, 0.05) is 12.1 Å². The fourth-order valence-corrected chi connectivity index (χ4v) is 2.64. The summed E-state index contributed by atoms with van der Waals surface area (Å²) in [6, 6.07) is 8.06. The maximum Gasteiger partial charge on any atom is 0.325 e. The van der Waals surface area contributed by atoms with Crippen molar-refractivity contribution in [3.63, 3.8) is 0 Å². The maximum absolute atomic E-state index is 12.3. The molecule has 108 valence electrons. The number of amides is 1. The van der Waals surface area contributed by atoms with Gasteiger partial charge in [-0.3, -0.25) is 14.3 Å². The van der Waals surface area contributed by atoms with Crippen molar-refractivity contribution < 1.29 is 14.7 Å². The lowest BCUT2D eigenvalue weighted by Gasteiger charge is -2.08. The van der Waals surface area contributed by atoms with Crippen LogP contribution in [0.2, 0.25) is 0 Å². The van der Waals surface area contributed by atoms with E-state index < -0.39 is 5.97 Å². The second-order valence-electron chi connectivity index (χ2n) is 5.18. The van der Waals surface area contributed by atoms with Crippen molar-refractivity contribution in [3.05, 3.63) is 47.8 Å². The summed E-state index contributed by atoms with van der Waals surface area (Å²) in [5.41, 5.74) is 2.97. The van der Waals surface area contributed by atoms with Gasteiger partial charge in [0.05, 0.1) is 11.9 Å². The normalized spacial score (nSPS) is 13.9. The van der Waals surface area contributed by atoms with E-state index in [2.05, 4.69) is 10.4 Å². The van der Waals surface area contributed by atoms with E-state index in [4.69, 9.17) is 5.11 Å². The van der Waals surface area contributed by atoms with Crippen LogP contribution in [0.1, 0.15) is 11.1 Å². The Kier molecular flexibility index (Phi) is 3.43. The summed E-state index contributed by atoms with van der Waals surface area (Å²) in [7, 11) is 0. The molecule has 0 saturated heterocycles. The van der Waals surface area contributed by atoms with Gasteiger partial charge in [-0.1, -0.05) is 24.3 Å². The van der Waals surface area contributed by atoms with E-state index >= 15 is 0 Å². The third-order valence-electron chi connectivity index (χ3n) is 3.62. The molecule has 0 unspecified atom stereocenters. The molecule has 0 bridgehead atoms. The van der Waals surface area contributed by atoms with Crippen molar-refractivity contribution in [2.24, 2.45) is 5.92 Å². The molecule has 0 radical (unpaired) electrons. The Morgan fingerprint density at radius 3 is 2.57 bits per heavy atom. The second-order valence-corrected chi connectivity index (χ2v) is 5.18. The molecule has 1 aromatic heterocycles. The van der Waals surface area contributed by atoms with Gasteiger partial charge in [-0.15, -0.1) is 0 Å². The van der Waals surface area contributed by atoms with Gasteiger partial charge >= 0.3 is 5.97 Å². The van der Waals surface area contributed by atoms with E-state index in [1.54, 1.807) is 0 Å². The number of hydrogen-bond donors (Lipinski definition) is 2. The van der Waals surface area contributed by atoms with Gasteiger partial charge in [-0.05, 0) is 24.0 Å². The van der Waals surface area contributed by atoms with Gasteiger partial charge in [0.2, 0.25) is 5.91 Å². The molecule has 2 N–H and O–H groups in total. The van der Waals surface area contributed by atoms with Crippen molar-refractivity contribution in [2.45, 2.75) is 19.4 Å². The number of nitrogens with zero attached hydrogens (tertiary/aromatic N) is 2. The monoisotopic (exact) mass is 285 g/mol. The Morgan fingerprint density at radius 1 is 1.29 bits per heavy atom. The van der Waals surface area contributed by atoms with Crippen LogP contribution in [0.5, 0.6) is 0 Å². The largest absolute Gasteiger partial charge is 0.480 e. The van der Waals surface area contributed by atoms with Crippen LogP contribution in [0.15, 0.2) is 36.7 Å². The standard InChI is InChI=1S/C15H15N3O3/c19-14(20)9-18-8-13(7-16-18)17-15(21)12-5-10-3-1-2-4-11(10)6-12/h1-4,7-8,12H,5-6,9H2,(H,17,21)(H,19,20).